The number of ether oxygens (including phenoxy) is 2. The molecule has 9 nitrogen and oxygen atoms in total. The monoisotopic (exact) mass is 442 g/mol. The van der Waals surface area contributed by atoms with Crippen molar-refractivity contribution in [3.05, 3.63) is 72.1 Å². The fraction of sp³-hybridized carbons (Fsp3) is 0.167. The van der Waals surface area contributed by atoms with Crippen LogP contribution >= 0.6 is 0 Å². The number of imide groups is 1. The number of hydrogen-bond acceptors (Lipinski definition) is 7. The summed E-state index contributed by atoms with van der Waals surface area (Å²) in [7, 11) is 0. The van der Waals surface area contributed by atoms with Gasteiger partial charge in [-0.3, -0.25) is 9.69 Å². The predicted molar refractivity (Wildman–Crippen MR) is 116 cm³/mol. The molecule has 4 aromatic rings. The summed E-state index contributed by atoms with van der Waals surface area (Å²) in [6.07, 6.45) is 0. The molecule has 9 heteroatoms. The topological polar surface area (TPSA) is 107 Å². The SMILES string of the molecule is CC1(c2ccc3ccccc3c2)NC(=O)N(Cc2nc(-c3ccc4c(c3)OCO4)no2)C1=O. The van der Waals surface area contributed by atoms with Crippen molar-refractivity contribution in [2.75, 3.05) is 6.79 Å². The Hall–Kier alpha value is -4.40. The standard InChI is InChI=1S/C24H18N4O5/c1-24(17-8-6-14-4-2-3-5-15(14)10-17)22(29)28(23(30)26-24)12-20-25-21(27-33-20)16-7-9-18-19(11-16)32-13-31-18/h2-11H,12-13H2,1H3,(H,26,30). The van der Waals surface area contributed by atoms with Gasteiger partial charge in [-0.2, -0.15) is 4.98 Å². The Morgan fingerprint density at radius 3 is 2.70 bits per heavy atom. The summed E-state index contributed by atoms with van der Waals surface area (Å²) in [6.45, 7) is 1.73. The van der Waals surface area contributed by atoms with Crippen molar-refractivity contribution in [3.8, 4) is 22.9 Å². The second-order valence-corrected chi connectivity index (χ2v) is 8.09. The first-order chi connectivity index (χ1) is 16.0. The number of aromatic nitrogens is 2. The van der Waals surface area contributed by atoms with E-state index in [2.05, 4.69) is 15.5 Å². The Morgan fingerprint density at radius 2 is 1.82 bits per heavy atom. The predicted octanol–water partition coefficient (Wildman–Crippen LogP) is 3.59. The molecule has 3 aromatic carbocycles. The second-order valence-electron chi connectivity index (χ2n) is 8.09. The molecule has 0 bridgehead atoms. The van der Waals surface area contributed by atoms with Crippen LogP contribution in [0.1, 0.15) is 18.4 Å². The summed E-state index contributed by atoms with van der Waals surface area (Å²) in [5, 5.41) is 8.84. The van der Waals surface area contributed by atoms with E-state index in [1.807, 2.05) is 42.5 Å². The Kier molecular flexibility index (Phi) is 4.13. The van der Waals surface area contributed by atoms with Crippen LogP contribution in [0.25, 0.3) is 22.2 Å². The van der Waals surface area contributed by atoms with Gasteiger partial charge in [0, 0.05) is 5.56 Å². The lowest BCUT2D eigenvalue weighted by atomic mass is 9.90. The quantitative estimate of drug-likeness (QED) is 0.482. The molecule has 33 heavy (non-hydrogen) atoms. The van der Waals surface area contributed by atoms with Crippen LogP contribution in [0.3, 0.4) is 0 Å². The van der Waals surface area contributed by atoms with Crippen LogP contribution in [-0.4, -0.2) is 33.8 Å². The molecule has 0 radical (unpaired) electrons. The van der Waals surface area contributed by atoms with Crippen LogP contribution in [0.2, 0.25) is 0 Å². The molecule has 1 aromatic heterocycles. The molecule has 3 heterocycles. The highest BCUT2D eigenvalue weighted by atomic mass is 16.7. The zero-order valence-corrected chi connectivity index (χ0v) is 17.6. The number of amides is 3. The van der Waals surface area contributed by atoms with Crippen molar-refractivity contribution < 1.29 is 23.6 Å². The van der Waals surface area contributed by atoms with E-state index in [-0.39, 0.29) is 25.1 Å². The van der Waals surface area contributed by atoms with E-state index < -0.39 is 11.6 Å². The molecule has 2 aliphatic heterocycles. The largest absolute Gasteiger partial charge is 0.454 e. The maximum Gasteiger partial charge on any atom is 0.325 e. The van der Waals surface area contributed by atoms with Crippen LogP contribution in [0.4, 0.5) is 4.79 Å². The van der Waals surface area contributed by atoms with E-state index >= 15 is 0 Å². The molecule has 0 aliphatic carbocycles. The van der Waals surface area contributed by atoms with E-state index in [1.54, 1.807) is 25.1 Å². The second kappa shape index (κ2) is 7.06. The fourth-order valence-corrected chi connectivity index (χ4v) is 4.14. The minimum atomic E-state index is -1.19. The number of nitrogens with one attached hydrogen (secondary N) is 1. The zero-order valence-electron chi connectivity index (χ0n) is 17.6. The minimum absolute atomic E-state index is 0.134. The number of hydrogen-bond donors (Lipinski definition) is 1. The number of benzene rings is 3. The van der Waals surface area contributed by atoms with Gasteiger partial charge in [0.15, 0.2) is 11.5 Å². The maximum atomic E-state index is 13.3. The normalized spacial score (nSPS) is 19.4. The highest BCUT2D eigenvalue weighted by Gasteiger charge is 2.49. The smallest absolute Gasteiger partial charge is 0.325 e. The lowest BCUT2D eigenvalue weighted by Crippen LogP contribution is -2.40. The highest BCUT2D eigenvalue weighted by Crippen LogP contribution is 2.35. The van der Waals surface area contributed by atoms with Crippen molar-refractivity contribution in [2.24, 2.45) is 0 Å². The first-order valence-electron chi connectivity index (χ1n) is 10.4. The van der Waals surface area contributed by atoms with Gasteiger partial charge < -0.3 is 19.3 Å². The number of carbonyl (C=O) groups is 2. The van der Waals surface area contributed by atoms with Crippen molar-refractivity contribution in [1.29, 1.82) is 0 Å². The molecule has 0 saturated carbocycles. The van der Waals surface area contributed by atoms with Crippen molar-refractivity contribution >= 4 is 22.7 Å². The Balaban J connectivity index is 1.25. The van der Waals surface area contributed by atoms with Crippen LogP contribution in [0.5, 0.6) is 11.5 Å². The number of urea groups is 1. The summed E-state index contributed by atoms with van der Waals surface area (Å²) in [5.74, 6) is 1.33. The number of fused-ring (bicyclic) bond motifs is 2. The van der Waals surface area contributed by atoms with E-state index in [0.717, 1.165) is 15.7 Å². The molecule has 1 fully saturated rings. The number of rotatable bonds is 4. The van der Waals surface area contributed by atoms with Crippen LogP contribution in [0, 0.1) is 0 Å². The number of carbonyl (C=O) groups excluding carboxylic acids is 2. The highest BCUT2D eigenvalue weighted by molar-refractivity contribution is 6.07. The zero-order chi connectivity index (χ0) is 22.6. The van der Waals surface area contributed by atoms with Gasteiger partial charge in [-0.25, -0.2) is 4.79 Å². The summed E-state index contributed by atoms with van der Waals surface area (Å²) in [5.41, 5.74) is 0.183. The molecule has 0 spiro atoms. The van der Waals surface area contributed by atoms with Crippen molar-refractivity contribution in [3.63, 3.8) is 0 Å². The molecule has 1 saturated heterocycles. The lowest BCUT2D eigenvalue weighted by molar-refractivity contribution is -0.131. The summed E-state index contributed by atoms with van der Waals surface area (Å²) in [6, 6.07) is 18.4. The van der Waals surface area contributed by atoms with Gasteiger partial charge in [0.1, 0.15) is 12.1 Å². The third-order valence-corrected chi connectivity index (χ3v) is 5.99. The fourth-order valence-electron chi connectivity index (χ4n) is 4.14. The van der Waals surface area contributed by atoms with Crippen LogP contribution in [0.15, 0.2) is 65.2 Å². The first-order valence-corrected chi connectivity index (χ1v) is 10.4. The van der Waals surface area contributed by atoms with E-state index in [0.29, 0.717) is 28.5 Å². The van der Waals surface area contributed by atoms with E-state index in [9.17, 15) is 9.59 Å². The Labute approximate surface area is 187 Å². The van der Waals surface area contributed by atoms with Gasteiger partial charge in [0.05, 0.1) is 0 Å². The van der Waals surface area contributed by atoms with E-state index in [1.165, 1.54) is 0 Å². The minimum Gasteiger partial charge on any atom is -0.454 e. The van der Waals surface area contributed by atoms with Gasteiger partial charge in [0.2, 0.25) is 18.5 Å². The molecular formula is C24H18N4O5. The molecular weight excluding hydrogens is 424 g/mol. The van der Waals surface area contributed by atoms with Crippen LogP contribution < -0.4 is 14.8 Å². The average molecular weight is 442 g/mol. The van der Waals surface area contributed by atoms with Gasteiger partial charge >= 0.3 is 6.03 Å². The van der Waals surface area contributed by atoms with Gasteiger partial charge in [-0.05, 0) is 47.5 Å². The molecule has 2 aliphatic rings. The molecule has 1 unspecified atom stereocenters. The van der Waals surface area contributed by atoms with Gasteiger partial charge in [0.25, 0.3) is 5.91 Å². The molecule has 6 rings (SSSR count). The van der Waals surface area contributed by atoms with Crippen LogP contribution in [-0.2, 0) is 16.9 Å². The summed E-state index contributed by atoms with van der Waals surface area (Å²) >= 11 is 0. The van der Waals surface area contributed by atoms with Gasteiger partial charge in [-0.1, -0.05) is 41.6 Å². The molecule has 3 amide bonds. The summed E-state index contributed by atoms with van der Waals surface area (Å²) < 4.78 is 16.0. The third kappa shape index (κ3) is 3.08. The molecule has 164 valence electrons. The molecule has 1 atom stereocenters. The maximum absolute atomic E-state index is 13.3. The first kappa shape index (κ1) is 19.3. The van der Waals surface area contributed by atoms with Crippen molar-refractivity contribution in [1.82, 2.24) is 20.4 Å². The Bertz CT molecular complexity index is 1430. The lowest BCUT2D eigenvalue weighted by Gasteiger charge is -2.22. The van der Waals surface area contributed by atoms with Gasteiger partial charge in [-0.15, -0.1) is 0 Å². The van der Waals surface area contributed by atoms with E-state index in [4.69, 9.17) is 14.0 Å². The molecule has 1 N–H and O–H groups in total. The summed E-state index contributed by atoms with van der Waals surface area (Å²) in [4.78, 5) is 31.5. The third-order valence-electron chi connectivity index (χ3n) is 5.99. The average Bonchev–Trinajstić information content (AvgIpc) is 3.54. The number of nitrogens with zero attached hydrogens (tertiary/aromatic N) is 3. The Morgan fingerprint density at radius 1 is 1.00 bits per heavy atom. The van der Waals surface area contributed by atoms with Crippen molar-refractivity contribution in [2.45, 2.75) is 19.0 Å².